The summed E-state index contributed by atoms with van der Waals surface area (Å²) in [6.45, 7) is 3.43. The van der Waals surface area contributed by atoms with Crippen LogP contribution in [-0.2, 0) is 11.2 Å². The van der Waals surface area contributed by atoms with Gasteiger partial charge >= 0.3 is 0 Å². The first-order valence-corrected chi connectivity index (χ1v) is 8.82. The number of rotatable bonds is 5. The van der Waals surface area contributed by atoms with Gasteiger partial charge in [0.05, 0.1) is 5.69 Å². The van der Waals surface area contributed by atoms with Gasteiger partial charge in [0.25, 0.3) is 0 Å². The first kappa shape index (κ1) is 17.4. The van der Waals surface area contributed by atoms with Gasteiger partial charge in [0.1, 0.15) is 5.82 Å². The number of aromatic nitrogens is 1. The third kappa shape index (κ3) is 4.78. The number of pyridine rings is 1. The van der Waals surface area contributed by atoms with Crippen LogP contribution in [0.15, 0.2) is 42.6 Å². The molecule has 0 radical (unpaired) electrons. The maximum atomic E-state index is 14.1. The Labute approximate surface area is 148 Å². The SMILES string of the molecule is Cc1ccc(F)c(N2CCCC(NC(=O)CCc3ccccn3)C2)c1. The lowest BCUT2D eigenvalue weighted by Crippen LogP contribution is -2.48. The zero-order valence-corrected chi connectivity index (χ0v) is 14.5. The number of hydrogen-bond donors (Lipinski definition) is 1. The van der Waals surface area contributed by atoms with Crippen molar-refractivity contribution in [2.45, 2.75) is 38.6 Å². The van der Waals surface area contributed by atoms with E-state index in [1.54, 1.807) is 12.3 Å². The molecule has 1 aliphatic rings. The molecule has 0 spiro atoms. The number of hydrogen-bond acceptors (Lipinski definition) is 3. The average Bonchev–Trinajstić information content (AvgIpc) is 2.63. The van der Waals surface area contributed by atoms with Gasteiger partial charge in [0, 0.05) is 37.4 Å². The van der Waals surface area contributed by atoms with Crippen LogP contribution in [0.5, 0.6) is 0 Å². The summed E-state index contributed by atoms with van der Waals surface area (Å²) < 4.78 is 14.1. The average molecular weight is 341 g/mol. The Bertz CT molecular complexity index is 720. The summed E-state index contributed by atoms with van der Waals surface area (Å²) in [6, 6.07) is 10.9. The molecule has 2 heterocycles. The van der Waals surface area contributed by atoms with E-state index in [0.29, 0.717) is 25.1 Å². The molecule has 2 aromatic rings. The molecule has 1 aromatic carbocycles. The molecule has 0 bridgehead atoms. The predicted molar refractivity (Wildman–Crippen MR) is 97.1 cm³/mol. The molecule has 1 unspecified atom stereocenters. The number of benzene rings is 1. The largest absolute Gasteiger partial charge is 0.367 e. The van der Waals surface area contributed by atoms with Crippen LogP contribution in [0, 0.1) is 12.7 Å². The van der Waals surface area contributed by atoms with Crippen LogP contribution in [0.1, 0.15) is 30.5 Å². The first-order chi connectivity index (χ1) is 12.1. The van der Waals surface area contributed by atoms with Crippen LogP contribution >= 0.6 is 0 Å². The van der Waals surface area contributed by atoms with Crippen molar-refractivity contribution in [3.8, 4) is 0 Å². The quantitative estimate of drug-likeness (QED) is 0.908. The van der Waals surface area contributed by atoms with Gasteiger partial charge in [-0.1, -0.05) is 12.1 Å². The minimum atomic E-state index is -0.201. The van der Waals surface area contributed by atoms with E-state index in [1.807, 2.05) is 36.1 Å². The van der Waals surface area contributed by atoms with Gasteiger partial charge < -0.3 is 10.2 Å². The molecule has 1 aliphatic heterocycles. The van der Waals surface area contributed by atoms with E-state index >= 15 is 0 Å². The maximum absolute atomic E-state index is 14.1. The van der Waals surface area contributed by atoms with Crippen LogP contribution in [0.3, 0.4) is 0 Å². The molecule has 25 heavy (non-hydrogen) atoms. The fourth-order valence-electron chi connectivity index (χ4n) is 3.27. The van der Waals surface area contributed by atoms with Gasteiger partial charge in [0.15, 0.2) is 0 Å². The Hall–Kier alpha value is -2.43. The number of carbonyl (C=O) groups excluding carboxylic acids is 1. The summed E-state index contributed by atoms with van der Waals surface area (Å²) >= 11 is 0. The summed E-state index contributed by atoms with van der Waals surface area (Å²) in [6.07, 6.45) is 4.67. The number of piperidine rings is 1. The molecule has 1 fully saturated rings. The lowest BCUT2D eigenvalue weighted by atomic mass is 10.0. The molecule has 3 rings (SSSR count). The van der Waals surface area contributed by atoms with Gasteiger partial charge in [0.2, 0.25) is 5.91 Å². The highest BCUT2D eigenvalue weighted by atomic mass is 19.1. The van der Waals surface area contributed by atoms with Gasteiger partial charge in [-0.2, -0.15) is 0 Å². The molecule has 0 aliphatic carbocycles. The summed E-state index contributed by atoms with van der Waals surface area (Å²) in [5, 5.41) is 3.09. The van der Waals surface area contributed by atoms with Crippen molar-refractivity contribution in [3.63, 3.8) is 0 Å². The van der Waals surface area contributed by atoms with Crippen LogP contribution in [0.2, 0.25) is 0 Å². The Balaban J connectivity index is 1.54. The standard InChI is InChI=1S/C20H24FN3O/c1-15-7-9-18(21)19(13-15)24-12-4-6-17(14-24)23-20(25)10-8-16-5-2-3-11-22-16/h2-3,5,7,9,11,13,17H,4,6,8,10,12,14H2,1H3,(H,23,25). The molecular weight excluding hydrogens is 317 g/mol. The number of nitrogens with one attached hydrogen (secondary N) is 1. The minimum absolute atomic E-state index is 0.0298. The van der Waals surface area contributed by atoms with E-state index in [2.05, 4.69) is 10.3 Å². The molecule has 0 saturated carbocycles. The monoisotopic (exact) mass is 341 g/mol. The van der Waals surface area contributed by atoms with E-state index in [9.17, 15) is 9.18 Å². The maximum Gasteiger partial charge on any atom is 0.220 e. The lowest BCUT2D eigenvalue weighted by Gasteiger charge is -2.35. The van der Waals surface area contributed by atoms with Crippen molar-refractivity contribution in [2.24, 2.45) is 0 Å². The first-order valence-electron chi connectivity index (χ1n) is 8.82. The summed E-state index contributed by atoms with van der Waals surface area (Å²) in [5.41, 5.74) is 2.59. The molecule has 1 atom stereocenters. The van der Waals surface area contributed by atoms with Crippen LogP contribution < -0.4 is 10.2 Å². The molecular formula is C20H24FN3O. The molecule has 5 heteroatoms. The lowest BCUT2D eigenvalue weighted by molar-refractivity contribution is -0.121. The van der Waals surface area contributed by atoms with Gasteiger partial charge in [-0.3, -0.25) is 9.78 Å². The number of nitrogens with zero attached hydrogens (tertiary/aromatic N) is 2. The number of amides is 1. The molecule has 1 N–H and O–H groups in total. The van der Waals surface area contributed by atoms with E-state index in [-0.39, 0.29) is 17.8 Å². The highest BCUT2D eigenvalue weighted by Crippen LogP contribution is 2.24. The van der Waals surface area contributed by atoms with E-state index in [0.717, 1.165) is 30.6 Å². The van der Waals surface area contributed by atoms with Crippen molar-refractivity contribution in [2.75, 3.05) is 18.0 Å². The number of halogens is 1. The number of anilines is 1. The van der Waals surface area contributed by atoms with Crippen molar-refractivity contribution in [3.05, 3.63) is 59.7 Å². The van der Waals surface area contributed by atoms with E-state index in [1.165, 1.54) is 6.07 Å². The zero-order valence-electron chi connectivity index (χ0n) is 14.5. The van der Waals surface area contributed by atoms with Gasteiger partial charge in [-0.25, -0.2) is 4.39 Å². The van der Waals surface area contributed by atoms with E-state index < -0.39 is 0 Å². The minimum Gasteiger partial charge on any atom is -0.367 e. The Morgan fingerprint density at radius 1 is 1.36 bits per heavy atom. The van der Waals surface area contributed by atoms with Crippen molar-refractivity contribution >= 4 is 11.6 Å². The Morgan fingerprint density at radius 3 is 3.04 bits per heavy atom. The molecule has 132 valence electrons. The number of aryl methyl sites for hydroxylation is 2. The summed E-state index contributed by atoms with van der Waals surface area (Å²) in [7, 11) is 0. The third-order valence-corrected chi connectivity index (χ3v) is 4.56. The van der Waals surface area contributed by atoms with Crippen LogP contribution in [0.25, 0.3) is 0 Å². The summed E-state index contributed by atoms with van der Waals surface area (Å²) in [4.78, 5) is 18.5. The Kier molecular flexibility index (Phi) is 5.64. The molecule has 4 nitrogen and oxygen atoms in total. The van der Waals surface area contributed by atoms with Gasteiger partial charge in [-0.15, -0.1) is 0 Å². The Morgan fingerprint density at radius 2 is 2.24 bits per heavy atom. The summed E-state index contributed by atoms with van der Waals surface area (Å²) in [5.74, 6) is -0.171. The normalized spacial score (nSPS) is 17.4. The second-order valence-corrected chi connectivity index (χ2v) is 6.63. The predicted octanol–water partition coefficient (Wildman–Crippen LogP) is 3.25. The number of carbonyl (C=O) groups is 1. The van der Waals surface area contributed by atoms with Crippen LogP contribution in [0.4, 0.5) is 10.1 Å². The second-order valence-electron chi connectivity index (χ2n) is 6.63. The van der Waals surface area contributed by atoms with Crippen molar-refractivity contribution < 1.29 is 9.18 Å². The third-order valence-electron chi connectivity index (χ3n) is 4.56. The smallest absolute Gasteiger partial charge is 0.220 e. The molecule has 1 amide bonds. The second kappa shape index (κ2) is 8.10. The van der Waals surface area contributed by atoms with Crippen molar-refractivity contribution in [1.82, 2.24) is 10.3 Å². The topological polar surface area (TPSA) is 45.2 Å². The van der Waals surface area contributed by atoms with Gasteiger partial charge in [-0.05, 0) is 56.0 Å². The fourth-order valence-corrected chi connectivity index (χ4v) is 3.27. The van der Waals surface area contributed by atoms with Crippen LogP contribution in [-0.4, -0.2) is 30.0 Å². The fraction of sp³-hybridized carbons (Fsp3) is 0.400. The van der Waals surface area contributed by atoms with E-state index in [4.69, 9.17) is 0 Å². The van der Waals surface area contributed by atoms with Crippen molar-refractivity contribution in [1.29, 1.82) is 0 Å². The molecule has 1 aromatic heterocycles. The zero-order chi connectivity index (χ0) is 17.6. The highest BCUT2D eigenvalue weighted by molar-refractivity contribution is 5.76. The highest BCUT2D eigenvalue weighted by Gasteiger charge is 2.23. The molecule has 1 saturated heterocycles.